The van der Waals surface area contributed by atoms with E-state index in [4.69, 9.17) is 5.73 Å². The lowest BCUT2D eigenvalue weighted by atomic mass is 9.65. The molecule has 0 unspecified atom stereocenters. The number of likely N-dealkylation sites (N-methyl/N-ethyl adjacent to an activating group) is 1. The summed E-state index contributed by atoms with van der Waals surface area (Å²) in [6, 6.07) is 3.65. The van der Waals surface area contributed by atoms with Crippen LogP contribution >= 0.6 is 0 Å². The third-order valence-corrected chi connectivity index (χ3v) is 3.15. The van der Waals surface area contributed by atoms with Gasteiger partial charge in [-0.2, -0.15) is 0 Å². The highest BCUT2D eigenvalue weighted by molar-refractivity contribution is 5.88. The van der Waals surface area contributed by atoms with Gasteiger partial charge in [-0.3, -0.25) is 9.78 Å². The molecule has 1 aliphatic carbocycles. The van der Waals surface area contributed by atoms with Gasteiger partial charge in [0.25, 0.3) is 0 Å². The predicted molar refractivity (Wildman–Crippen MR) is 58.2 cm³/mol. The summed E-state index contributed by atoms with van der Waals surface area (Å²) in [6.45, 7) is 0. The van der Waals surface area contributed by atoms with Crippen molar-refractivity contribution < 1.29 is 4.79 Å². The maximum absolute atomic E-state index is 11.8. The van der Waals surface area contributed by atoms with Crippen LogP contribution in [-0.4, -0.2) is 17.9 Å². The molecular weight excluding hydrogens is 190 g/mol. The molecule has 4 nitrogen and oxygen atoms in total. The third-order valence-electron chi connectivity index (χ3n) is 3.15. The molecule has 0 aromatic carbocycles. The number of nitrogens with zero attached hydrogens (tertiary/aromatic N) is 1. The van der Waals surface area contributed by atoms with Crippen LogP contribution in [0.4, 0.5) is 5.69 Å². The molecule has 1 fully saturated rings. The van der Waals surface area contributed by atoms with E-state index in [2.05, 4.69) is 10.3 Å². The molecule has 4 heteroatoms. The van der Waals surface area contributed by atoms with E-state index in [1.807, 2.05) is 6.07 Å². The Kier molecular flexibility index (Phi) is 2.34. The molecule has 0 saturated heterocycles. The number of amides is 1. The molecule has 1 heterocycles. The second-order valence-electron chi connectivity index (χ2n) is 3.99. The fourth-order valence-corrected chi connectivity index (χ4v) is 2.06. The van der Waals surface area contributed by atoms with Gasteiger partial charge in [0.05, 0.1) is 23.0 Å². The zero-order valence-corrected chi connectivity index (χ0v) is 8.79. The van der Waals surface area contributed by atoms with Gasteiger partial charge in [0.2, 0.25) is 5.91 Å². The summed E-state index contributed by atoms with van der Waals surface area (Å²) < 4.78 is 0. The van der Waals surface area contributed by atoms with E-state index in [9.17, 15) is 4.79 Å². The maximum Gasteiger partial charge on any atom is 0.232 e. The van der Waals surface area contributed by atoms with Crippen LogP contribution in [0.2, 0.25) is 0 Å². The first-order valence-corrected chi connectivity index (χ1v) is 5.13. The number of carbonyl (C=O) groups excluding carboxylic acids is 1. The Morgan fingerprint density at radius 3 is 2.67 bits per heavy atom. The maximum atomic E-state index is 11.8. The van der Waals surface area contributed by atoms with Crippen molar-refractivity contribution in [1.82, 2.24) is 10.3 Å². The van der Waals surface area contributed by atoms with Gasteiger partial charge in [-0.15, -0.1) is 0 Å². The van der Waals surface area contributed by atoms with Crippen LogP contribution in [0.25, 0.3) is 0 Å². The van der Waals surface area contributed by atoms with Gasteiger partial charge < -0.3 is 11.1 Å². The predicted octanol–water partition coefficient (Wildman–Crippen LogP) is 0.831. The highest BCUT2D eigenvalue weighted by atomic mass is 16.2. The SMILES string of the molecule is CNC(=O)C1(c2ccc(N)cn2)CCC1. The fraction of sp³-hybridized carbons (Fsp3) is 0.455. The normalized spacial score (nSPS) is 17.9. The van der Waals surface area contributed by atoms with E-state index in [0.717, 1.165) is 25.0 Å². The molecule has 0 radical (unpaired) electrons. The zero-order chi connectivity index (χ0) is 10.9. The van der Waals surface area contributed by atoms with Crippen molar-refractivity contribution in [2.75, 3.05) is 12.8 Å². The van der Waals surface area contributed by atoms with E-state index in [1.165, 1.54) is 0 Å². The number of nitrogens with one attached hydrogen (secondary N) is 1. The molecule has 15 heavy (non-hydrogen) atoms. The third kappa shape index (κ3) is 1.46. The van der Waals surface area contributed by atoms with Gasteiger partial charge in [-0.05, 0) is 25.0 Å². The second kappa shape index (κ2) is 3.53. The van der Waals surface area contributed by atoms with Crippen LogP contribution in [0.1, 0.15) is 25.0 Å². The molecule has 1 aromatic heterocycles. The number of aromatic nitrogens is 1. The number of hydrogen-bond donors (Lipinski definition) is 2. The van der Waals surface area contributed by atoms with Crippen molar-refractivity contribution in [3.05, 3.63) is 24.0 Å². The molecule has 0 spiro atoms. The van der Waals surface area contributed by atoms with E-state index in [1.54, 1.807) is 19.3 Å². The Morgan fingerprint density at radius 1 is 1.53 bits per heavy atom. The quantitative estimate of drug-likeness (QED) is 0.751. The summed E-state index contributed by atoms with van der Waals surface area (Å²) in [5.41, 5.74) is 6.64. The molecule has 0 aliphatic heterocycles. The number of pyridine rings is 1. The topological polar surface area (TPSA) is 68.0 Å². The van der Waals surface area contributed by atoms with Crippen LogP contribution in [0.3, 0.4) is 0 Å². The Morgan fingerprint density at radius 2 is 2.27 bits per heavy atom. The minimum absolute atomic E-state index is 0.0611. The molecule has 3 N–H and O–H groups in total. The Balaban J connectivity index is 2.34. The molecule has 1 saturated carbocycles. The van der Waals surface area contributed by atoms with E-state index in [0.29, 0.717) is 5.69 Å². The van der Waals surface area contributed by atoms with Gasteiger partial charge in [0.15, 0.2) is 0 Å². The van der Waals surface area contributed by atoms with Crippen LogP contribution in [-0.2, 0) is 10.2 Å². The highest BCUT2D eigenvalue weighted by Gasteiger charge is 2.46. The summed E-state index contributed by atoms with van der Waals surface area (Å²) in [7, 11) is 1.67. The smallest absolute Gasteiger partial charge is 0.232 e. The van der Waals surface area contributed by atoms with Gasteiger partial charge >= 0.3 is 0 Å². The standard InChI is InChI=1S/C11H15N3O/c1-13-10(15)11(5-2-6-11)9-4-3-8(12)7-14-9/h3-4,7H,2,5-6,12H2,1H3,(H,13,15). The summed E-state index contributed by atoms with van der Waals surface area (Å²) in [5.74, 6) is 0.0611. The Labute approximate surface area is 88.9 Å². The fourth-order valence-electron chi connectivity index (χ4n) is 2.06. The van der Waals surface area contributed by atoms with Crippen molar-refractivity contribution in [3.8, 4) is 0 Å². The molecule has 1 aliphatic rings. The van der Waals surface area contributed by atoms with Crippen molar-refractivity contribution in [2.24, 2.45) is 0 Å². The molecule has 0 bridgehead atoms. The largest absolute Gasteiger partial charge is 0.397 e. The Bertz CT molecular complexity index is 368. The highest BCUT2D eigenvalue weighted by Crippen LogP contribution is 2.43. The van der Waals surface area contributed by atoms with Gasteiger partial charge in [-0.25, -0.2) is 0 Å². The summed E-state index contributed by atoms with van der Waals surface area (Å²) in [6.07, 6.45) is 4.45. The zero-order valence-electron chi connectivity index (χ0n) is 8.79. The lowest BCUT2D eigenvalue weighted by Crippen LogP contribution is -2.48. The first kappa shape index (κ1) is 9.96. The van der Waals surface area contributed by atoms with Crippen molar-refractivity contribution in [3.63, 3.8) is 0 Å². The lowest BCUT2D eigenvalue weighted by Gasteiger charge is -2.39. The summed E-state index contributed by atoms with van der Waals surface area (Å²) in [5, 5.41) is 2.71. The number of anilines is 1. The van der Waals surface area contributed by atoms with E-state index in [-0.39, 0.29) is 5.91 Å². The molecule has 2 rings (SSSR count). The average molecular weight is 205 g/mol. The number of hydrogen-bond acceptors (Lipinski definition) is 3. The first-order valence-electron chi connectivity index (χ1n) is 5.13. The Hall–Kier alpha value is -1.58. The average Bonchev–Trinajstić information content (AvgIpc) is 2.19. The van der Waals surface area contributed by atoms with Crippen molar-refractivity contribution in [1.29, 1.82) is 0 Å². The van der Waals surface area contributed by atoms with E-state index >= 15 is 0 Å². The van der Waals surface area contributed by atoms with Crippen LogP contribution in [0.5, 0.6) is 0 Å². The van der Waals surface area contributed by atoms with Crippen molar-refractivity contribution >= 4 is 11.6 Å². The minimum atomic E-state index is -0.400. The van der Waals surface area contributed by atoms with E-state index < -0.39 is 5.41 Å². The number of rotatable bonds is 2. The van der Waals surface area contributed by atoms with Crippen LogP contribution in [0.15, 0.2) is 18.3 Å². The first-order chi connectivity index (χ1) is 7.19. The molecule has 1 aromatic rings. The lowest BCUT2D eigenvalue weighted by molar-refractivity contribution is -0.129. The minimum Gasteiger partial charge on any atom is -0.397 e. The van der Waals surface area contributed by atoms with Gasteiger partial charge in [0.1, 0.15) is 0 Å². The van der Waals surface area contributed by atoms with Gasteiger partial charge in [-0.1, -0.05) is 6.42 Å². The van der Waals surface area contributed by atoms with Crippen LogP contribution in [0, 0.1) is 0 Å². The van der Waals surface area contributed by atoms with Gasteiger partial charge in [0, 0.05) is 7.05 Å². The van der Waals surface area contributed by atoms with Crippen molar-refractivity contribution in [2.45, 2.75) is 24.7 Å². The summed E-state index contributed by atoms with van der Waals surface area (Å²) in [4.78, 5) is 16.1. The molecular formula is C11H15N3O. The monoisotopic (exact) mass is 205 g/mol. The number of carbonyl (C=O) groups is 1. The molecule has 80 valence electrons. The number of nitrogens with two attached hydrogens (primary N) is 1. The summed E-state index contributed by atoms with van der Waals surface area (Å²) >= 11 is 0. The molecule has 1 amide bonds. The number of nitrogen functional groups attached to an aromatic ring is 1. The molecule has 0 atom stereocenters. The second-order valence-corrected chi connectivity index (χ2v) is 3.99. The van der Waals surface area contributed by atoms with Crippen LogP contribution < -0.4 is 11.1 Å².